The Labute approximate surface area is 183 Å². The lowest BCUT2D eigenvalue weighted by atomic mass is 9.95. The number of rotatable bonds is 5. The van der Waals surface area contributed by atoms with Crippen LogP contribution in [0.2, 0.25) is 0 Å². The van der Waals surface area contributed by atoms with Crippen molar-refractivity contribution >= 4 is 0 Å². The molecule has 0 aromatic heterocycles. The monoisotopic (exact) mass is 431 g/mol. The van der Waals surface area contributed by atoms with E-state index in [4.69, 9.17) is 0 Å². The molecule has 2 aliphatic heterocycles. The third-order valence-electron chi connectivity index (χ3n) is 6.92. The van der Waals surface area contributed by atoms with E-state index >= 15 is 0 Å². The third-order valence-corrected chi connectivity index (χ3v) is 6.92. The number of hydrogen-bond donors (Lipinski definition) is 1. The van der Waals surface area contributed by atoms with Gasteiger partial charge in [-0.05, 0) is 62.5 Å². The largest absolute Gasteiger partial charge is 0.416 e. The van der Waals surface area contributed by atoms with Crippen molar-refractivity contribution in [1.29, 1.82) is 0 Å². The maximum atomic E-state index is 13.0. The van der Waals surface area contributed by atoms with Gasteiger partial charge in [-0.25, -0.2) is 0 Å². The molecule has 6 heteroatoms. The van der Waals surface area contributed by atoms with Crippen molar-refractivity contribution in [2.24, 2.45) is 0 Å². The summed E-state index contributed by atoms with van der Waals surface area (Å²) in [6.07, 6.45) is -0.968. The minimum Gasteiger partial charge on any atom is -0.317 e. The number of benzene rings is 2. The molecule has 0 unspecified atom stereocenters. The summed E-state index contributed by atoms with van der Waals surface area (Å²) in [5.41, 5.74) is 1.67. The number of nitrogens with zero attached hydrogens (tertiary/aromatic N) is 2. The summed E-state index contributed by atoms with van der Waals surface area (Å²) in [7, 11) is 0. The Bertz CT molecular complexity index is 816. The highest BCUT2D eigenvalue weighted by Gasteiger charge is 2.35. The molecule has 0 radical (unpaired) electrons. The van der Waals surface area contributed by atoms with Gasteiger partial charge in [0.1, 0.15) is 0 Å². The molecule has 0 bridgehead atoms. The summed E-state index contributed by atoms with van der Waals surface area (Å²) >= 11 is 0. The zero-order valence-electron chi connectivity index (χ0n) is 18.1. The summed E-state index contributed by atoms with van der Waals surface area (Å²) < 4.78 is 38.9. The highest BCUT2D eigenvalue weighted by Crippen LogP contribution is 2.32. The second-order valence-electron chi connectivity index (χ2n) is 8.85. The number of alkyl halides is 3. The highest BCUT2D eigenvalue weighted by atomic mass is 19.4. The van der Waals surface area contributed by atoms with Gasteiger partial charge in [-0.2, -0.15) is 13.2 Å². The van der Waals surface area contributed by atoms with Crippen LogP contribution in [0.1, 0.15) is 42.5 Å². The Morgan fingerprint density at radius 1 is 0.968 bits per heavy atom. The second kappa shape index (κ2) is 9.72. The summed E-state index contributed by atoms with van der Waals surface area (Å²) in [4.78, 5) is 5.14. The van der Waals surface area contributed by atoms with E-state index in [0.717, 1.165) is 44.7 Å². The lowest BCUT2D eigenvalue weighted by Gasteiger charge is -2.48. The summed E-state index contributed by atoms with van der Waals surface area (Å²) in [6.45, 7) is 7.24. The smallest absolute Gasteiger partial charge is 0.317 e. The van der Waals surface area contributed by atoms with Crippen LogP contribution in [0.25, 0.3) is 0 Å². The molecule has 0 amide bonds. The molecule has 3 nitrogen and oxygen atoms in total. The zero-order chi connectivity index (χ0) is 21.8. The predicted octanol–water partition coefficient (Wildman–Crippen LogP) is 4.75. The normalized spacial score (nSPS) is 23.0. The molecule has 2 aromatic rings. The van der Waals surface area contributed by atoms with Crippen molar-refractivity contribution in [3.05, 3.63) is 71.3 Å². The van der Waals surface area contributed by atoms with E-state index in [1.165, 1.54) is 30.5 Å². The van der Waals surface area contributed by atoms with Crippen molar-refractivity contribution < 1.29 is 13.2 Å². The Balaban J connectivity index is 1.52. The molecule has 0 spiro atoms. The molecule has 2 atom stereocenters. The molecular formula is C25H32F3N3. The Morgan fingerprint density at radius 2 is 1.65 bits per heavy atom. The van der Waals surface area contributed by atoms with Crippen LogP contribution in [-0.4, -0.2) is 54.6 Å². The van der Waals surface area contributed by atoms with Crippen LogP contribution in [0.4, 0.5) is 13.2 Å². The van der Waals surface area contributed by atoms with Crippen molar-refractivity contribution in [3.8, 4) is 0 Å². The molecule has 168 valence electrons. The van der Waals surface area contributed by atoms with Gasteiger partial charge in [0.15, 0.2) is 0 Å². The lowest BCUT2D eigenvalue weighted by molar-refractivity contribution is -0.137. The van der Waals surface area contributed by atoms with E-state index in [-0.39, 0.29) is 6.04 Å². The molecular weight excluding hydrogens is 399 g/mol. The van der Waals surface area contributed by atoms with Crippen molar-refractivity contribution in [2.75, 3.05) is 32.7 Å². The summed E-state index contributed by atoms with van der Waals surface area (Å²) in [6, 6.07) is 17.3. The van der Waals surface area contributed by atoms with E-state index in [0.29, 0.717) is 12.1 Å². The Kier molecular flexibility index (Phi) is 6.99. The fourth-order valence-corrected chi connectivity index (χ4v) is 5.12. The van der Waals surface area contributed by atoms with Gasteiger partial charge in [-0.3, -0.25) is 9.80 Å². The van der Waals surface area contributed by atoms with Crippen LogP contribution in [0, 0.1) is 0 Å². The fraction of sp³-hybridized carbons (Fsp3) is 0.520. The molecule has 4 rings (SSSR count). The van der Waals surface area contributed by atoms with Gasteiger partial charge in [0.05, 0.1) is 5.56 Å². The SMILES string of the molecule is C[C@H](c1ccc(C(F)(F)F)cc1)N1CCN(C2CCNCC2)C[C@@H]1Cc1ccccc1. The predicted molar refractivity (Wildman–Crippen MR) is 118 cm³/mol. The maximum absolute atomic E-state index is 13.0. The fourth-order valence-electron chi connectivity index (χ4n) is 5.12. The number of hydrogen-bond acceptors (Lipinski definition) is 3. The molecule has 1 N–H and O–H groups in total. The second-order valence-corrected chi connectivity index (χ2v) is 8.85. The average molecular weight is 432 g/mol. The number of piperidine rings is 1. The highest BCUT2D eigenvalue weighted by molar-refractivity contribution is 5.27. The van der Waals surface area contributed by atoms with Crippen LogP contribution in [-0.2, 0) is 12.6 Å². The minimum absolute atomic E-state index is 0.0752. The number of halogens is 3. The van der Waals surface area contributed by atoms with Gasteiger partial charge in [0, 0.05) is 37.8 Å². The standard InChI is InChI=1S/C25H32F3N3/c1-19(21-7-9-22(10-8-21)25(26,27)28)31-16-15-30(23-11-13-29-14-12-23)18-24(31)17-20-5-3-2-4-6-20/h2-10,19,23-24,29H,11-18H2,1H3/t19-,24+/m1/s1. The molecule has 2 aromatic carbocycles. The van der Waals surface area contributed by atoms with Gasteiger partial charge in [0.2, 0.25) is 0 Å². The van der Waals surface area contributed by atoms with Gasteiger partial charge >= 0.3 is 6.18 Å². The first-order valence-electron chi connectivity index (χ1n) is 11.3. The van der Waals surface area contributed by atoms with Crippen LogP contribution in [0.15, 0.2) is 54.6 Å². The van der Waals surface area contributed by atoms with E-state index < -0.39 is 11.7 Å². The van der Waals surface area contributed by atoms with Crippen molar-refractivity contribution in [1.82, 2.24) is 15.1 Å². The lowest BCUT2D eigenvalue weighted by Crippen LogP contribution is -2.58. The number of piperazine rings is 1. The van der Waals surface area contributed by atoms with Gasteiger partial charge in [-0.15, -0.1) is 0 Å². The molecule has 0 aliphatic carbocycles. The first-order chi connectivity index (χ1) is 14.9. The minimum atomic E-state index is -4.29. The third kappa shape index (κ3) is 5.48. The molecule has 2 fully saturated rings. The Hall–Kier alpha value is -1.89. The number of nitrogens with one attached hydrogen (secondary N) is 1. The zero-order valence-corrected chi connectivity index (χ0v) is 18.1. The van der Waals surface area contributed by atoms with Gasteiger partial charge < -0.3 is 5.32 Å². The first-order valence-corrected chi connectivity index (χ1v) is 11.3. The van der Waals surface area contributed by atoms with Crippen LogP contribution in [0.5, 0.6) is 0 Å². The maximum Gasteiger partial charge on any atom is 0.416 e. The van der Waals surface area contributed by atoms with Gasteiger partial charge in [0.25, 0.3) is 0 Å². The molecule has 0 saturated carbocycles. The van der Waals surface area contributed by atoms with E-state index in [9.17, 15) is 13.2 Å². The van der Waals surface area contributed by atoms with Crippen LogP contribution < -0.4 is 5.32 Å². The van der Waals surface area contributed by atoms with E-state index in [2.05, 4.69) is 46.3 Å². The van der Waals surface area contributed by atoms with E-state index in [1.54, 1.807) is 12.1 Å². The molecule has 2 aliphatic rings. The van der Waals surface area contributed by atoms with E-state index in [1.807, 2.05) is 6.07 Å². The van der Waals surface area contributed by atoms with Crippen molar-refractivity contribution in [2.45, 2.75) is 50.5 Å². The quantitative estimate of drug-likeness (QED) is 0.737. The summed E-state index contributed by atoms with van der Waals surface area (Å²) in [5.74, 6) is 0. The molecule has 2 heterocycles. The molecule has 31 heavy (non-hydrogen) atoms. The molecule has 2 saturated heterocycles. The summed E-state index contributed by atoms with van der Waals surface area (Å²) in [5, 5.41) is 3.45. The van der Waals surface area contributed by atoms with Crippen LogP contribution in [0.3, 0.4) is 0 Å². The Morgan fingerprint density at radius 3 is 2.29 bits per heavy atom. The van der Waals surface area contributed by atoms with Crippen LogP contribution >= 0.6 is 0 Å². The first kappa shape index (κ1) is 22.3. The average Bonchev–Trinajstić information content (AvgIpc) is 2.79. The van der Waals surface area contributed by atoms with Gasteiger partial charge in [-0.1, -0.05) is 42.5 Å². The van der Waals surface area contributed by atoms with Crippen molar-refractivity contribution in [3.63, 3.8) is 0 Å². The topological polar surface area (TPSA) is 18.5 Å².